The highest BCUT2D eigenvalue weighted by Gasteiger charge is 2.18. The van der Waals surface area contributed by atoms with Gasteiger partial charge in [-0.15, -0.1) is 0 Å². The van der Waals surface area contributed by atoms with Gasteiger partial charge in [0.15, 0.2) is 0 Å². The van der Waals surface area contributed by atoms with Gasteiger partial charge in [0.1, 0.15) is 0 Å². The van der Waals surface area contributed by atoms with Gasteiger partial charge in [-0.3, -0.25) is 9.52 Å². The number of carbonyl (C=O) groups excluding carboxylic acids is 2. The third kappa shape index (κ3) is 5.01. The van der Waals surface area contributed by atoms with Crippen LogP contribution in [0.15, 0.2) is 53.4 Å². The van der Waals surface area contributed by atoms with E-state index in [2.05, 4.69) is 15.4 Å². The summed E-state index contributed by atoms with van der Waals surface area (Å²) < 4.78 is 27.6. The average Bonchev–Trinajstić information content (AvgIpc) is 3.16. The van der Waals surface area contributed by atoms with Crippen molar-refractivity contribution in [3.63, 3.8) is 0 Å². The first-order valence-electron chi connectivity index (χ1n) is 8.90. The number of carbonyl (C=O) groups is 2. The van der Waals surface area contributed by atoms with Gasteiger partial charge in [-0.25, -0.2) is 13.2 Å². The van der Waals surface area contributed by atoms with E-state index < -0.39 is 10.0 Å². The van der Waals surface area contributed by atoms with Crippen molar-refractivity contribution in [2.75, 3.05) is 28.4 Å². The Morgan fingerprint density at radius 1 is 0.893 bits per heavy atom. The van der Waals surface area contributed by atoms with Crippen LogP contribution in [0, 0.1) is 0 Å². The average molecular weight is 402 g/mol. The van der Waals surface area contributed by atoms with Crippen molar-refractivity contribution in [1.29, 1.82) is 0 Å². The maximum atomic E-state index is 12.6. The minimum absolute atomic E-state index is 0.0663. The number of nitrogens with zero attached hydrogens (tertiary/aromatic N) is 1. The van der Waals surface area contributed by atoms with E-state index in [4.69, 9.17) is 0 Å². The molecule has 0 radical (unpaired) electrons. The zero-order chi connectivity index (χ0) is 20.1. The number of likely N-dealkylation sites (tertiary alicyclic amines) is 1. The predicted octanol–water partition coefficient (Wildman–Crippen LogP) is 3.07. The van der Waals surface area contributed by atoms with E-state index in [1.165, 1.54) is 25.1 Å². The predicted molar refractivity (Wildman–Crippen MR) is 108 cm³/mol. The molecule has 2 aromatic rings. The van der Waals surface area contributed by atoms with Gasteiger partial charge in [0.05, 0.1) is 10.6 Å². The molecule has 3 N–H and O–H groups in total. The highest BCUT2D eigenvalue weighted by molar-refractivity contribution is 7.92. The summed E-state index contributed by atoms with van der Waals surface area (Å²) in [5.41, 5.74) is 1.36. The first-order chi connectivity index (χ1) is 13.3. The lowest BCUT2D eigenvalue weighted by Crippen LogP contribution is -2.32. The Balaban J connectivity index is 1.68. The number of hydrogen-bond donors (Lipinski definition) is 3. The molecule has 1 aliphatic heterocycles. The molecule has 8 nitrogen and oxygen atoms in total. The van der Waals surface area contributed by atoms with Crippen LogP contribution >= 0.6 is 0 Å². The minimum atomic E-state index is -3.81. The van der Waals surface area contributed by atoms with E-state index in [9.17, 15) is 18.0 Å². The molecule has 3 amide bonds. The third-order valence-electron chi connectivity index (χ3n) is 4.24. The highest BCUT2D eigenvalue weighted by atomic mass is 32.2. The SMILES string of the molecule is CC(=O)Nc1cccc(NS(=O)(=O)c2ccc(NC(=O)N3CCCC3)cc2)c1. The number of hydrogen-bond acceptors (Lipinski definition) is 4. The summed E-state index contributed by atoms with van der Waals surface area (Å²) in [5, 5.41) is 5.37. The molecule has 148 valence electrons. The standard InChI is InChI=1S/C19H22N4O4S/c1-14(24)20-16-5-4-6-17(13-16)22-28(26,27)18-9-7-15(8-10-18)21-19(25)23-11-2-3-12-23/h4-10,13,22H,2-3,11-12H2,1H3,(H,20,24)(H,21,25). The maximum Gasteiger partial charge on any atom is 0.321 e. The van der Waals surface area contributed by atoms with Crippen molar-refractivity contribution in [2.24, 2.45) is 0 Å². The van der Waals surface area contributed by atoms with Gasteiger partial charge in [-0.2, -0.15) is 0 Å². The van der Waals surface area contributed by atoms with Crippen molar-refractivity contribution in [3.8, 4) is 0 Å². The van der Waals surface area contributed by atoms with Crippen LogP contribution in [0.1, 0.15) is 19.8 Å². The smallest absolute Gasteiger partial charge is 0.321 e. The Morgan fingerprint density at radius 3 is 2.18 bits per heavy atom. The Kier molecular flexibility index (Phi) is 5.84. The summed E-state index contributed by atoms with van der Waals surface area (Å²) in [5.74, 6) is -0.244. The molecular weight excluding hydrogens is 380 g/mol. The molecule has 1 fully saturated rings. The fraction of sp³-hybridized carbons (Fsp3) is 0.263. The van der Waals surface area contributed by atoms with E-state index in [1.54, 1.807) is 35.2 Å². The lowest BCUT2D eigenvalue weighted by atomic mass is 10.3. The number of sulfonamides is 1. The monoisotopic (exact) mass is 402 g/mol. The van der Waals surface area contributed by atoms with Gasteiger partial charge in [-0.1, -0.05) is 6.07 Å². The van der Waals surface area contributed by atoms with E-state index in [0.717, 1.165) is 25.9 Å². The lowest BCUT2D eigenvalue weighted by molar-refractivity contribution is -0.114. The Hall–Kier alpha value is -3.07. The molecule has 0 aromatic heterocycles. The Morgan fingerprint density at radius 2 is 1.54 bits per heavy atom. The van der Waals surface area contributed by atoms with Crippen LogP contribution in [0.25, 0.3) is 0 Å². The molecular formula is C19H22N4O4S. The summed E-state index contributed by atoms with van der Waals surface area (Å²) >= 11 is 0. The van der Waals surface area contributed by atoms with Crippen LogP contribution in [-0.4, -0.2) is 38.3 Å². The minimum Gasteiger partial charge on any atom is -0.326 e. The molecule has 9 heteroatoms. The number of anilines is 3. The van der Waals surface area contributed by atoms with Crippen LogP contribution in [0.3, 0.4) is 0 Å². The number of urea groups is 1. The normalized spacial score (nSPS) is 13.8. The van der Waals surface area contributed by atoms with E-state index in [1.807, 2.05) is 0 Å². The molecule has 0 spiro atoms. The van der Waals surface area contributed by atoms with Crippen molar-refractivity contribution in [3.05, 3.63) is 48.5 Å². The summed E-state index contributed by atoms with van der Waals surface area (Å²) in [4.78, 5) is 25.0. The molecule has 0 aliphatic carbocycles. The topological polar surface area (TPSA) is 108 Å². The van der Waals surface area contributed by atoms with Gasteiger partial charge in [-0.05, 0) is 55.3 Å². The number of benzene rings is 2. The van der Waals surface area contributed by atoms with Crippen molar-refractivity contribution in [2.45, 2.75) is 24.7 Å². The van der Waals surface area contributed by atoms with Gasteiger partial charge < -0.3 is 15.5 Å². The van der Waals surface area contributed by atoms with Gasteiger partial charge in [0.25, 0.3) is 10.0 Å². The Labute approximate surface area is 164 Å². The van der Waals surface area contributed by atoms with Crippen LogP contribution in [0.2, 0.25) is 0 Å². The molecule has 0 bridgehead atoms. The first kappa shape index (κ1) is 19.7. The van der Waals surface area contributed by atoms with Crippen molar-refractivity contribution in [1.82, 2.24) is 4.90 Å². The van der Waals surface area contributed by atoms with Crippen LogP contribution in [0.5, 0.6) is 0 Å². The van der Waals surface area contributed by atoms with Gasteiger partial charge in [0.2, 0.25) is 5.91 Å². The lowest BCUT2D eigenvalue weighted by Gasteiger charge is -2.16. The largest absolute Gasteiger partial charge is 0.326 e. The summed E-state index contributed by atoms with van der Waals surface area (Å²) in [6, 6.07) is 12.2. The third-order valence-corrected chi connectivity index (χ3v) is 5.64. The molecule has 0 unspecified atom stereocenters. The van der Waals surface area contributed by atoms with E-state index >= 15 is 0 Å². The molecule has 28 heavy (non-hydrogen) atoms. The quantitative estimate of drug-likeness (QED) is 0.714. The fourth-order valence-electron chi connectivity index (χ4n) is 2.92. The fourth-order valence-corrected chi connectivity index (χ4v) is 3.97. The van der Waals surface area contributed by atoms with Gasteiger partial charge in [0, 0.05) is 31.4 Å². The maximum absolute atomic E-state index is 12.6. The summed E-state index contributed by atoms with van der Waals surface area (Å²) in [6.07, 6.45) is 2.00. The zero-order valence-electron chi connectivity index (χ0n) is 15.4. The molecule has 1 saturated heterocycles. The molecule has 0 atom stereocenters. The second-order valence-corrected chi connectivity index (χ2v) is 8.20. The molecule has 1 heterocycles. The van der Waals surface area contributed by atoms with Crippen LogP contribution in [0.4, 0.5) is 21.9 Å². The van der Waals surface area contributed by atoms with E-state index in [-0.39, 0.29) is 16.8 Å². The first-order valence-corrected chi connectivity index (χ1v) is 10.4. The molecule has 2 aromatic carbocycles. The summed E-state index contributed by atoms with van der Waals surface area (Å²) in [6.45, 7) is 2.85. The highest BCUT2D eigenvalue weighted by Crippen LogP contribution is 2.21. The molecule has 3 rings (SSSR count). The second kappa shape index (κ2) is 8.30. The second-order valence-electron chi connectivity index (χ2n) is 6.52. The number of amides is 3. The van der Waals surface area contributed by atoms with E-state index in [0.29, 0.717) is 17.1 Å². The van der Waals surface area contributed by atoms with Crippen LogP contribution < -0.4 is 15.4 Å². The van der Waals surface area contributed by atoms with Crippen molar-refractivity contribution >= 4 is 39.0 Å². The van der Waals surface area contributed by atoms with Crippen LogP contribution in [-0.2, 0) is 14.8 Å². The number of nitrogens with one attached hydrogen (secondary N) is 3. The Bertz CT molecular complexity index is 968. The van der Waals surface area contributed by atoms with Crippen molar-refractivity contribution < 1.29 is 18.0 Å². The number of rotatable bonds is 5. The molecule has 1 aliphatic rings. The molecule has 0 saturated carbocycles. The summed E-state index contributed by atoms with van der Waals surface area (Å²) in [7, 11) is -3.81. The van der Waals surface area contributed by atoms with Gasteiger partial charge >= 0.3 is 6.03 Å². The zero-order valence-corrected chi connectivity index (χ0v) is 16.3.